The number of nitrogens with zero attached hydrogens (tertiary/aromatic N) is 1. The van der Waals surface area contributed by atoms with E-state index in [-0.39, 0.29) is 27.4 Å². The Bertz CT molecular complexity index is 981. The third-order valence-electron chi connectivity index (χ3n) is 3.85. The monoisotopic (exact) mass is 452 g/mol. The van der Waals surface area contributed by atoms with Crippen LogP contribution in [0.25, 0.3) is 0 Å². The summed E-state index contributed by atoms with van der Waals surface area (Å²) >= 11 is 0.902. The van der Waals surface area contributed by atoms with Crippen LogP contribution in [0.1, 0.15) is 37.6 Å². The molecule has 0 amide bonds. The summed E-state index contributed by atoms with van der Waals surface area (Å²) in [4.78, 5) is 26.9. The first-order valence-corrected chi connectivity index (χ1v) is 11.5. The SMILES string of the molecule is CC(=O)SCC(=O)c1ccc(NS(=O)(=O)c2ccc(OCCC(C)(C)O)cc2)nc1. The molecule has 0 aliphatic carbocycles. The average molecular weight is 453 g/mol. The van der Waals surface area contributed by atoms with Gasteiger partial charge in [0.25, 0.3) is 10.0 Å². The van der Waals surface area contributed by atoms with Gasteiger partial charge in [-0.1, -0.05) is 11.8 Å². The van der Waals surface area contributed by atoms with Gasteiger partial charge in [-0.15, -0.1) is 0 Å². The zero-order valence-electron chi connectivity index (χ0n) is 16.9. The molecule has 1 aromatic carbocycles. The Morgan fingerprint density at radius 1 is 1.17 bits per heavy atom. The topological polar surface area (TPSA) is 123 Å². The largest absolute Gasteiger partial charge is 0.493 e. The van der Waals surface area contributed by atoms with Crippen LogP contribution in [0.2, 0.25) is 0 Å². The third kappa shape index (κ3) is 7.77. The number of carbonyl (C=O) groups is 2. The Balaban J connectivity index is 1.99. The smallest absolute Gasteiger partial charge is 0.263 e. The van der Waals surface area contributed by atoms with Gasteiger partial charge in [-0.2, -0.15) is 0 Å². The van der Waals surface area contributed by atoms with Crippen molar-refractivity contribution in [1.82, 2.24) is 4.98 Å². The summed E-state index contributed by atoms with van der Waals surface area (Å²) in [5, 5.41) is 9.52. The summed E-state index contributed by atoms with van der Waals surface area (Å²) in [7, 11) is -3.87. The molecule has 0 spiro atoms. The minimum atomic E-state index is -3.87. The number of hydrogen-bond donors (Lipinski definition) is 2. The van der Waals surface area contributed by atoms with Crippen molar-refractivity contribution in [3.8, 4) is 5.75 Å². The van der Waals surface area contributed by atoms with Gasteiger partial charge in [0, 0.05) is 25.1 Å². The molecule has 1 heterocycles. The number of nitrogens with one attached hydrogen (secondary N) is 1. The number of anilines is 1. The van der Waals surface area contributed by atoms with Gasteiger partial charge in [-0.25, -0.2) is 13.4 Å². The van der Waals surface area contributed by atoms with Crippen molar-refractivity contribution in [2.24, 2.45) is 0 Å². The normalized spacial score (nSPS) is 11.7. The molecular weight excluding hydrogens is 428 g/mol. The number of carbonyl (C=O) groups excluding carboxylic acids is 2. The second kappa shape index (κ2) is 10.1. The van der Waals surface area contributed by atoms with Gasteiger partial charge in [0.05, 0.1) is 22.9 Å². The molecule has 30 heavy (non-hydrogen) atoms. The number of rotatable bonds is 10. The third-order valence-corrected chi connectivity index (χ3v) is 6.03. The van der Waals surface area contributed by atoms with Crippen LogP contribution in [-0.4, -0.2) is 47.4 Å². The molecule has 0 aliphatic heterocycles. The van der Waals surface area contributed by atoms with Gasteiger partial charge in [0.2, 0.25) is 0 Å². The Hall–Kier alpha value is -2.43. The van der Waals surface area contributed by atoms with Gasteiger partial charge in [0.1, 0.15) is 11.6 Å². The molecule has 2 aromatic rings. The fourth-order valence-corrected chi connectivity index (χ4v) is 3.71. The molecule has 2 N–H and O–H groups in total. The highest BCUT2D eigenvalue weighted by Crippen LogP contribution is 2.20. The van der Waals surface area contributed by atoms with Crippen LogP contribution in [0.15, 0.2) is 47.5 Å². The van der Waals surface area contributed by atoms with E-state index in [2.05, 4.69) is 9.71 Å². The molecule has 1 aromatic heterocycles. The first-order valence-electron chi connectivity index (χ1n) is 9.07. The number of aliphatic hydroxyl groups is 1. The summed E-state index contributed by atoms with van der Waals surface area (Å²) in [6, 6.07) is 8.70. The van der Waals surface area contributed by atoms with E-state index < -0.39 is 15.6 Å². The Kier molecular flexibility index (Phi) is 7.99. The van der Waals surface area contributed by atoms with Crippen molar-refractivity contribution in [2.45, 2.75) is 37.7 Å². The first kappa shape index (κ1) is 23.8. The highest BCUT2D eigenvalue weighted by atomic mass is 32.2. The highest BCUT2D eigenvalue weighted by Gasteiger charge is 2.16. The minimum absolute atomic E-state index is 0.00626. The molecule has 0 bridgehead atoms. The predicted molar refractivity (Wildman–Crippen MR) is 115 cm³/mol. The van der Waals surface area contributed by atoms with Crippen molar-refractivity contribution >= 4 is 38.5 Å². The zero-order valence-corrected chi connectivity index (χ0v) is 18.5. The summed E-state index contributed by atoms with van der Waals surface area (Å²) < 4.78 is 32.9. The fourth-order valence-electron chi connectivity index (χ4n) is 2.20. The summed E-state index contributed by atoms with van der Waals surface area (Å²) in [5.41, 5.74) is -0.550. The molecule has 0 aliphatic rings. The van der Waals surface area contributed by atoms with Crippen molar-refractivity contribution in [2.75, 3.05) is 17.1 Å². The van der Waals surface area contributed by atoms with Crippen LogP contribution in [-0.2, 0) is 14.8 Å². The highest BCUT2D eigenvalue weighted by molar-refractivity contribution is 8.14. The number of hydrogen-bond acceptors (Lipinski definition) is 8. The maximum absolute atomic E-state index is 12.5. The Labute approximate surface area is 180 Å². The van der Waals surface area contributed by atoms with E-state index in [1.54, 1.807) is 13.8 Å². The van der Waals surface area contributed by atoms with Gasteiger partial charge in [-0.05, 0) is 50.2 Å². The number of ketones is 1. The van der Waals surface area contributed by atoms with Crippen LogP contribution in [0.3, 0.4) is 0 Å². The molecule has 10 heteroatoms. The summed E-state index contributed by atoms with van der Waals surface area (Å²) in [5.74, 6) is 0.294. The molecule has 0 radical (unpaired) electrons. The first-order chi connectivity index (χ1) is 14.0. The quantitative estimate of drug-likeness (QED) is 0.528. The number of thioether (sulfide) groups is 1. The lowest BCUT2D eigenvalue weighted by atomic mass is 10.1. The molecule has 2 rings (SSSR count). The van der Waals surface area contributed by atoms with E-state index in [0.29, 0.717) is 24.3 Å². The van der Waals surface area contributed by atoms with Crippen molar-refractivity contribution in [3.05, 3.63) is 48.2 Å². The van der Waals surface area contributed by atoms with Crippen LogP contribution in [0.4, 0.5) is 5.82 Å². The average Bonchev–Trinajstić information content (AvgIpc) is 2.66. The van der Waals surface area contributed by atoms with Crippen molar-refractivity contribution < 1.29 is 27.9 Å². The number of sulfonamides is 1. The van der Waals surface area contributed by atoms with E-state index in [4.69, 9.17) is 4.74 Å². The van der Waals surface area contributed by atoms with Crippen molar-refractivity contribution in [3.63, 3.8) is 0 Å². The second-order valence-electron chi connectivity index (χ2n) is 7.12. The molecule has 0 unspecified atom stereocenters. The molecule has 8 nitrogen and oxygen atoms in total. The van der Waals surface area contributed by atoms with E-state index in [1.807, 2.05) is 0 Å². The fraction of sp³-hybridized carbons (Fsp3) is 0.350. The van der Waals surface area contributed by atoms with Gasteiger partial charge < -0.3 is 9.84 Å². The lowest BCUT2D eigenvalue weighted by Crippen LogP contribution is -2.21. The summed E-state index contributed by atoms with van der Waals surface area (Å²) in [6.45, 7) is 5.04. The maximum Gasteiger partial charge on any atom is 0.263 e. The van der Waals surface area contributed by atoms with E-state index in [0.717, 1.165) is 11.8 Å². The molecule has 0 saturated heterocycles. The molecule has 0 atom stereocenters. The van der Waals surface area contributed by atoms with E-state index >= 15 is 0 Å². The molecule has 0 fully saturated rings. The van der Waals surface area contributed by atoms with E-state index in [9.17, 15) is 23.1 Å². The minimum Gasteiger partial charge on any atom is -0.493 e. The predicted octanol–water partition coefficient (Wildman–Crippen LogP) is 2.88. The van der Waals surface area contributed by atoms with Crippen LogP contribution >= 0.6 is 11.8 Å². The lowest BCUT2D eigenvalue weighted by Gasteiger charge is -2.17. The summed E-state index contributed by atoms with van der Waals surface area (Å²) in [6.07, 6.45) is 1.70. The lowest BCUT2D eigenvalue weighted by molar-refractivity contribution is -0.109. The zero-order chi connectivity index (χ0) is 22.4. The van der Waals surface area contributed by atoms with Crippen molar-refractivity contribution in [1.29, 1.82) is 0 Å². The number of Topliss-reactive ketones (excluding diaryl/α,β-unsaturated/α-hetero) is 1. The number of aromatic nitrogens is 1. The maximum atomic E-state index is 12.5. The van der Waals surface area contributed by atoms with Gasteiger partial charge in [0.15, 0.2) is 10.9 Å². The van der Waals surface area contributed by atoms with Gasteiger partial charge in [-0.3, -0.25) is 14.3 Å². The Morgan fingerprint density at radius 3 is 2.37 bits per heavy atom. The molecule has 0 saturated carbocycles. The van der Waals surface area contributed by atoms with Crippen LogP contribution < -0.4 is 9.46 Å². The van der Waals surface area contributed by atoms with Crippen LogP contribution in [0.5, 0.6) is 5.75 Å². The number of benzene rings is 1. The second-order valence-corrected chi connectivity index (χ2v) is 9.96. The molecule has 162 valence electrons. The molecular formula is C20H24N2O6S2. The Morgan fingerprint density at radius 2 is 1.83 bits per heavy atom. The van der Waals surface area contributed by atoms with Gasteiger partial charge >= 0.3 is 0 Å². The van der Waals surface area contributed by atoms with E-state index in [1.165, 1.54) is 49.5 Å². The number of ether oxygens (including phenoxy) is 1. The van der Waals surface area contributed by atoms with Crippen LogP contribution in [0, 0.1) is 0 Å². The standard InChI is InChI=1S/C20H24N2O6S2/c1-14(23)29-13-18(24)15-4-9-19(21-12-15)22-30(26,27)17-7-5-16(6-8-17)28-11-10-20(2,3)25/h4-9,12,25H,10-11,13H2,1-3H3,(H,21,22). The number of pyridine rings is 1.